The van der Waals surface area contributed by atoms with Gasteiger partial charge in [0.1, 0.15) is 0 Å². The van der Waals surface area contributed by atoms with Crippen molar-refractivity contribution >= 4 is 22.8 Å². The first-order valence-corrected chi connectivity index (χ1v) is 4.29. The highest BCUT2D eigenvalue weighted by Gasteiger charge is 2.03. The fourth-order valence-electron chi connectivity index (χ4n) is 0.511. The van der Waals surface area contributed by atoms with Crippen LogP contribution in [0.15, 0.2) is 10.3 Å². The van der Waals surface area contributed by atoms with Crippen LogP contribution in [0.2, 0.25) is 0 Å². The molecule has 0 N–H and O–H groups in total. The van der Waals surface area contributed by atoms with Gasteiger partial charge in [0, 0.05) is 5.75 Å². The van der Waals surface area contributed by atoms with Gasteiger partial charge in [-0.2, -0.15) is 0 Å². The van der Waals surface area contributed by atoms with Crippen molar-refractivity contribution in [2.24, 2.45) is 0 Å². The van der Waals surface area contributed by atoms with Crippen LogP contribution >= 0.6 is 11.8 Å². The highest BCUT2D eigenvalue weighted by atomic mass is 32.2. The van der Waals surface area contributed by atoms with E-state index in [0.717, 1.165) is 12.2 Å². The second-order valence-corrected chi connectivity index (χ2v) is 3.70. The molecule has 0 saturated heterocycles. The van der Waals surface area contributed by atoms with Gasteiger partial charge in [-0.15, -0.1) is 11.8 Å². The summed E-state index contributed by atoms with van der Waals surface area (Å²) in [5.74, 6) is 0.920. The first kappa shape index (κ1) is 6.32. The maximum absolute atomic E-state index is 10.1. The number of thioether (sulfide) groups is 1. The molecule has 1 atom stereocenters. The van der Waals surface area contributed by atoms with E-state index in [4.69, 9.17) is 0 Å². The summed E-state index contributed by atoms with van der Waals surface area (Å²) >= 11 is -0.568. The first-order valence-electron chi connectivity index (χ1n) is 2.23. The summed E-state index contributed by atoms with van der Waals surface area (Å²) in [6.07, 6.45) is 2.64. The van der Waals surface area contributed by atoms with Gasteiger partial charge in [-0.05, 0) is 17.5 Å². The van der Waals surface area contributed by atoms with Crippen molar-refractivity contribution in [2.75, 3.05) is 5.75 Å². The molecule has 0 aliphatic carbocycles. The Morgan fingerprint density at radius 3 is 2.88 bits per heavy atom. The molecular weight excluding hydrogens is 144 g/mol. The molecule has 0 fully saturated rings. The number of allylic oxidation sites excluding steroid dienone is 1. The van der Waals surface area contributed by atoms with Crippen LogP contribution in [-0.4, -0.2) is 14.5 Å². The average molecular weight is 149 g/mol. The summed E-state index contributed by atoms with van der Waals surface area (Å²) < 4.78 is 20.7. The van der Waals surface area contributed by atoms with Crippen LogP contribution in [0.1, 0.15) is 6.42 Å². The monoisotopic (exact) mass is 149 g/mol. The van der Waals surface area contributed by atoms with Crippen LogP contribution in [0.4, 0.5) is 0 Å². The molecule has 0 bridgehead atoms. The number of hydrogen-bond acceptors (Lipinski definition) is 3. The van der Waals surface area contributed by atoms with E-state index < -0.39 is 11.1 Å². The Hall–Kier alpha value is 0.200. The van der Waals surface area contributed by atoms with Crippen molar-refractivity contribution < 1.29 is 8.76 Å². The zero-order chi connectivity index (χ0) is 5.98. The molecule has 1 aliphatic heterocycles. The van der Waals surface area contributed by atoms with Gasteiger partial charge in [0.05, 0.1) is 4.24 Å². The summed E-state index contributed by atoms with van der Waals surface area (Å²) in [6, 6.07) is 0. The van der Waals surface area contributed by atoms with Crippen molar-refractivity contribution in [1.82, 2.24) is 0 Å². The molecule has 8 heavy (non-hydrogen) atoms. The van der Waals surface area contributed by atoms with Gasteiger partial charge in [-0.25, -0.2) is 0 Å². The largest absolute Gasteiger partial charge is 0.768 e. The van der Waals surface area contributed by atoms with E-state index in [-0.39, 0.29) is 0 Å². The minimum atomic E-state index is -1.97. The Morgan fingerprint density at radius 2 is 2.62 bits per heavy atom. The third kappa shape index (κ3) is 1.34. The lowest BCUT2D eigenvalue weighted by Gasteiger charge is -2.01. The molecule has 0 saturated carbocycles. The normalized spacial score (nSPS) is 22.9. The van der Waals surface area contributed by atoms with Crippen molar-refractivity contribution in [3.63, 3.8) is 0 Å². The second-order valence-electron chi connectivity index (χ2n) is 1.40. The zero-order valence-corrected chi connectivity index (χ0v) is 5.76. The number of rotatable bonds is 1. The molecule has 0 aromatic rings. The first-order chi connectivity index (χ1) is 3.80. The summed E-state index contributed by atoms with van der Waals surface area (Å²) in [5.41, 5.74) is 0. The maximum atomic E-state index is 10.1. The molecular formula is C4H5O2S2-. The molecule has 4 heteroatoms. The van der Waals surface area contributed by atoms with Gasteiger partial charge in [0.15, 0.2) is 0 Å². The Bertz CT molecular complexity index is 141. The van der Waals surface area contributed by atoms with E-state index in [0.29, 0.717) is 4.24 Å². The minimum absolute atomic E-state index is 0.505. The van der Waals surface area contributed by atoms with E-state index in [1.165, 1.54) is 11.8 Å². The van der Waals surface area contributed by atoms with E-state index in [2.05, 4.69) is 0 Å². The Balaban J connectivity index is 2.57. The van der Waals surface area contributed by atoms with Crippen LogP contribution in [-0.2, 0) is 11.1 Å². The van der Waals surface area contributed by atoms with Crippen LogP contribution in [0.25, 0.3) is 0 Å². The van der Waals surface area contributed by atoms with Crippen molar-refractivity contribution in [1.29, 1.82) is 0 Å². The van der Waals surface area contributed by atoms with Gasteiger partial charge in [-0.1, -0.05) is 6.08 Å². The third-order valence-electron chi connectivity index (χ3n) is 0.837. The molecule has 0 amide bonds. The number of hydrogen-bond donors (Lipinski definition) is 0. The fraction of sp³-hybridized carbons (Fsp3) is 0.500. The van der Waals surface area contributed by atoms with Gasteiger partial charge in [-0.3, -0.25) is 4.21 Å². The van der Waals surface area contributed by atoms with Gasteiger partial charge < -0.3 is 4.55 Å². The van der Waals surface area contributed by atoms with E-state index in [1.54, 1.807) is 6.08 Å². The van der Waals surface area contributed by atoms with Crippen LogP contribution in [0, 0.1) is 0 Å². The molecule has 46 valence electrons. The third-order valence-corrected chi connectivity index (χ3v) is 2.99. The lowest BCUT2D eigenvalue weighted by Crippen LogP contribution is -1.83. The Labute approximate surface area is 54.6 Å². The topological polar surface area (TPSA) is 40.1 Å². The minimum Gasteiger partial charge on any atom is -0.768 e. The van der Waals surface area contributed by atoms with Crippen LogP contribution in [0.3, 0.4) is 0 Å². The standard InChI is InChI=1S/C4H6O2S2/c5-8(6)4-2-1-3-7-4/h2H,1,3H2,(H,5,6)/p-1. The van der Waals surface area contributed by atoms with E-state index >= 15 is 0 Å². The van der Waals surface area contributed by atoms with Crippen LogP contribution in [0.5, 0.6) is 0 Å². The lowest BCUT2D eigenvalue weighted by atomic mass is 10.5. The molecule has 1 aliphatic rings. The predicted octanol–water partition coefficient (Wildman–Crippen LogP) is 0.844. The molecule has 1 unspecified atom stereocenters. The Kier molecular flexibility index (Phi) is 2.10. The van der Waals surface area contributed by atoms with Gasteiger partial charge in [0.25, 0.3) is 0 Å². The SMILES string of the molecule is O=S([O-])C1=CCCS1. The zero-order valence-electron chi connectivity index (χ0n) is 4.12. The maximum Gasteiger partial charge on any atom is 0.0537 e. The average Bonchev–Trinajstić information content (AvgIpc) is 2.12. The highest BCUT2D eigenvalue weighted by Crippen LogP contribution is 2.25. The highest BCUT2D eigenvalue weighted by molar-refractivity contribution is 8.15. The quantitative estimate of drug-likeness (QED) is 0.519. The second kappa shape index (κ2) is 2.66. The molecule has 1 rings (SSSR count). The molecule has 0 aromatic heterocycles. The van der Waals surface area contributed by atoms with Gasteiger partial charge in [0.2, 0.25) is 0 Å². The van der Waals surface area contributed by atoms with Crippen molar-refractivity contribution in [2.45, 2.75) is 6.42 Å². The summed E-state index contributed by atoms with van der Waals surface area (Å²) in [7, 11) is 0. The molecule has 0 spiro atoms. The van der Waals surface area contributed by atoms with E-state index in [9.17, 15) is 8.76 Å². The molecule has 0 aromatic carbocycles. The lowest BCUT2D eigenvalue weighted by molar-refractivity contribution is 0.546. The smallest absolute Gasteiger partial charge is 0.0537 e. The van der Waals surface area contributed by atoms with Crippen LogP contribution < -0.4 is 0 Å². The van der Waals surface area contributed by atoms with E-state index in [1.807, 2.05) is 0 Å². The van der Waals surface area contributed by atoms with Crippen molar-refractivity contribution in [3.8, 4) is 0 Å². The summed E-state index contributed by atoms with van der Waals surface area (Å²) in [5, 5.41) is 0. The fourth-order valence-corrected chi connectivity index (χ4v) is 2.07. The summed E-state index contributed by atoms with van der Waals surface area (Å²) in [6.45, 7) is 0. The summed E-state index contributed by atoms with van der Waals surface area (Å²) in [4.78, 5) is 0. The van der Waals surface area contributed by atoms with Gasteiger partial charge >= 0.3 is 0 Å². The molecule has 2 nitrogen and oxygen atoms in total. The molecule has 1 heterocycles. The van der Waals surface area contributed by atoms with Crippen molar-refractivity contribution in [3.05, 3.63) is 10.3 Å². The Morgan fingerprint density at radius 1 is 1.88 bits per heavy atom. The predicted molar refractivity (Wildman–Crippen MR) is 34.1 cm³/mol. The molecule has 0 radical (unpaired) electrons.